The smallest absolute Gasteiger partial charge is 0.180 e. The van der Waals surface area contributed by atoms with Gasteiger partial charge in [-0.25, -0.2) is 0 Å². The van der Waals surface area contributed by atoms with Crippen molar-refractivity contribution in [3.63, 3.8) is 0 Å². The van der Waals surface area contributed by atoms with Crippen LogP contribution in [0.5, 0.6) is 0 Å². The van der Waals surface area contributed by atoms with Gasteiger partial charge in [0.05, 0.1) is 11.4 Å². The maximum absolute atomic E-state index is 5.63. The maximum Gasteiger partial charge on any atom is 0.180 e. The Morgan fingerprint density at radius 1 is 1.04 bits per heavy atom. The number of aryl methyl sites for hydroxylation is 4. The first-order valence-electron chi connectivity index (χ1n) is 7.80. The normalized spacial score (nSPS) is 10.9. The molecule has 0 spiro atoms. The van der Waals surface area contributed by atoms with Crippen molar-refractivity contribution in [2.24, 2.45) is 0 Å². The molecule has 4 rings (SSSR count). The van der Waals surface area contributed by atoms with E-state index in [0.29, 0.717) is 5.89 Å². The Labute approximate surface area is 159 Å². The Morgan fingerprint density at radius 3 is 2.48 bits per heavy atom. The zero-order valence-electron chi connectivity index (χ0n) is 14.4. The number of nitrogens with zero attached hydrogens (tertiary/aromatic N) is 4. The summed E-state index contributed by atoms with van der Waals surface area (Å²) in [6, 6.07) is 11.3. The van der Waals surface area contributed by atoms with E-state index in [4.69, 9.17) is 4.42 Å². The van der Waals surface area contributed by atoms with Crippen molar-refractivity contribution in [3.05, 3.63) is 59.2 Å². The molecule has 2 heterocycles. The molecular weight excluding hydrogens is 492 g/mol. The fourth-order valence-corrected chi connectivity index (χ4v) is 3.25. The second-order valence-corrected chi connectivity index (χ2v) is 6.10. The van der Waals surface area contributed by atoms with Crippen LogP contribution in [0.3, 0.4) is 0 Å². The van der Waals surface area contributed by atoms with E-state index in [2.05, 4.69) is 54.2 Å². The summed E-state index contributed by atoms with van der Waals surface area (Å²) in [6.45, 7) is 8.14. The number of rotatable bonds is 2. The Bertz CT molecular complexity index is 1040. The summed E-state index contributed by atoms with van der Waals surface area (Å²) in [5.41, 5.74) is 7.07. The first-order chi connectivity index (χ1) is 11.5. The van der Waals surface area contributed by atoms with Crippen molar-refractivity contribution in [1.82, 2.24) is 19.7 Å². The molecule has 0 aliphatic heterocycles. The molecular formula is C19H17IrN4O-. The van der Waals surface area contributed by atoms with E-state index in [0.717, 1.165) is 28.2 Å². The van der Waals surface area contributed by atoms with Crippen LogP contribution in [0, 0.1) is 33.8 Å². The average Bonchev–Trinajstić information content (AvgIpc) is 3.10. The summed E-state index contributed by atoms with van der Waals surface area (Å²) in [5, 5.41) is 8.41. The number of oxazole rings is 1. The average molecular weight is 510 g/mol. The molecule has 6 heteroatoms. The van der Waals surface area contributed by atoms with Gasteiger partial charge in [0.25, 0.3) is 0 Å². The molecule has 0 fully saturated rings. The van der Waals surface area contributed by atoms with Crippen molar-refractivity contribution in [1.29, 1.82) is 0 Å². The third-order valence-electron chi connectivity index (χ3n) is 4.09. The van der Waals surface area contributed by atoms with Gasteiger partial charge >= 0.3 is 0 Å². The topological polar surface area (TPSA) is 56.7 Å². The van der Waals surface area contributed by atoms with Crippen LogP contribution in [0.15, 0.2) is 35.0 Å². The number of fused-ring (bicyclic) bond motifs is 1. The van der Waals surface area contributed by atoms with Crippen LogP contribution in [-0.2, 0) is 20.1 Å². The third-order valence-corrected chi connectivity index (χ3v) is 4.09. The number of hydrogen-bond acceptors (Lipinski definition) is 4. The van der Waals surface area contributed by atoms with Crippen molar-refractivity contribution in [2.75, 3.05) is 0 Å². The van der Waals surface area contributed by atoms with Crippen LogP contribution in [0.4, 0.5) is 0 Å². The van der Waals surface area contributed by atoms with Crippen LogP contribution in [-0.4, -0.2) is 19.7 Å². The number of benzene rings is 2. The van der Waals surface area contributed by atoms with E-state index >= 15 is 0 Å². The van der Waals surface area contributed by atoms with Gasteiger partial charge in [0.1, 0.15) is 6.33 Å². The van der Waals surface area contributed by atoms with Crippen LogP contribution < -0.4 is 0 Å². The third kappa shape index (κ3) is 3.03. The standard InChI is InChI=1S/C19H17N4O.Ir/c1-11-7-12(2)18(13(3)8-11)23-10-20-22-19(23)15-5-6-16-17(9-15)24-14(4)21-16;/h6-10H,1-4H3;/q-1;. The monoisotopic (exact) mass is 510 g/mol. The fourth-order valence-electron chi connectivity index (χ4n) is 3.25. The van der Waals surface area contributed by atoms with Crippen molar-refractivity contribution in [3.8, 4) is 17.1 Å². The van der Waals surface area contributed by atoms with E-state index in [1.54, 1.807) is 6.33 Å². The minimum Gasteiger partial charge on any atom is -0.461 e. The zero-order valence-corrected chi connectivity index (χ0v) is 16.8. The minimum absolute atomic E-state index is 0. The second kappa shape index (κ2) is 6.54. The zero-order chi connectivity index (χ0) is 16.8. The molecule has 0 atom stereocenters. The molecule has 1 radical (unpaired) electrons. The molecule has 0 aliphatic carbocycles. The van der Waals surface area contributed by atoms with Gasteiger partial charge in [0.15, 0.2) is 5.89 Å². The van der Waals surface area contributed by atoms with Gasteiger partial charge < -0.3 is 8.98 Å². The first kappa shape index (κ1) is 17.5. The summed E-state index contributed by atoms with van der Waals surface area (Å²) < 4.78 is 7.63. The molecule has 0 amide bonds. The number of hydrogen-bond donors (Lipinski definition) is 0. The molecule has 0 aliphatic rings. The predicted octanol–water partition coefficient (Wildman–Crippen LogP) is 4.11. The van der Waals surface area contributed by atoms with Gasteiger partial charge in [-0.2, -0.15) is 5.10 Å². The van der Waals surface area contributed by atoms with Crippen LogP contribution in [0.25, 0.3) is 28.2 Å². The number of aromatic nitrogens is 4. The summed E-state index contributed by atoms with van der Waals surface area (Å²) in [4.78, 5) is 4.31. The van der Waals surface area contributed by atoms with Gasteiger partial charge in [0.2, 0.25) is 0 Å². The van der Waals surface area contributed by atoms with Gasteiger partial charge in [0, 0.05) is 38.2 Å². The first-order valence-corrected chi connectivity index (χ1v) is 7.80. The van der Waals surface area contributed by atoms with Crippen molar-refractivity contribution >= 4 is 11.1 Å². The van der Waals surface area contributed by atoms with Gasteiger partial charge in [-0.15, -0.1) is 22.8 Å². The van der Waals surface area contributed by atoms with Crippen molar-refractivity contribution in [2.45, 2.75) is 27.7 Å². The second-order valence-electron chi connectivity index (χ2n) is 6.10. The van der Waals surface area contributed by atoms with Crippen molar-refractivity contribution < 1.29 is 24.5 Å². The molecule has 2 aromatic heterocycles. The Kier molecular flexibility index (Phi) is 4.58. The molecule has 129 valence electrons. The maximum atomic E-state index is 5.63. The van der Waals surface area contributed by atoms with Gasteiger partial charge in [-0.1, -0.05) is 23.8 Å². The quantitative estimate of drug-likeness (QED) is 0.382. The molecule has 0 N–H and O–H groups in total. The SMILES string of the molecule is Cc1cc(C)c(-n2cnnc2-c2[c-]cc3nc(C)oc3c2)c(C)c1.[Ir]. The molecule has 25 heavy (non-hydrogen) atoms. The molecule has 0 unspecified atom stereocenters. The molecule has 5 nitrogen and oxygen atoms in total. The van der Waals surface area contributed by atoms with E-state index < -0.39 is 0 Å². The van der Waals surface area contributed by atoms with Gasteiger partial charge in [-0.05, 0) is 31.9 Å². The Hall–Kier alpha value is -2.30. The summed E-state index contributed by atoms with van der Waals surface area (Å²) in [6.07, 6.45) is 1.74. The molecule has 2 aromatic carbocycles. The van der Waals surface area contributed by atoms with E-state index in [1.807, 2.05) is 23.6 Å². The molecule has 0 saturated heterocycles. The minimum atomic E-state index is 0. The van der Waals surface area contributed by atoms with E-state index in [1.165, 1.54) is 16.7 Å². The summed E-state index contributed by atoms with van der Waals surface area (Å²) in [7, 11) is 0. The Balaban J connectivity index is 0.00000182. The molecule has 4 aromatic rings. The van der Waals surface area contributed by atoms with Gasteiger partial charge in [-0.3, -0.25) is 4.98 Å². The van der Waals surface area contributed by atoms with Crippen LogP contribution in [0.1, 0.15) is 22.6 Å². The summed E-state index contributed by atoms with van der Waals surface area (Å²) in [5.74, 6) is 1.38. The Morgan fingerprint density at radius 2 is 1.76 bits per heavy atom. The van der Waals surface area contributed by atoms with Crippen LogP contribution >= 0.6 is 0 Å². The van der Waals surface area contributed by atoms with E-state index in [-0.39, 0.29) is 20.1 Å². The predicted molar refractivity (Wildman–Crippen MR) is 92.1 cm³/mol. The van der Waals surface area contributed by atoms with Crippen LogP contribution in [0.2, 0.25) is 0 Å². The largest absolute Gasteiger partial charge is 0.461 e. The fraction of sp³-hybridized carbons (Fsp3) is 0.211. The van der Waals surface area contributed by atoms with E-state index in [9.17, 15) is 0 Å². The molecule has 0 bridgehead atoms. The molecule has 0 saturated carbocycles. The summed E-state index contributed by atoms with van der Waals surface area (Å²) >= 11 is 0.